The molecule has 0 amide bonds. The van der Waals surface area contributed by atoms with Crippen molar-refractivity contribution in [3.05, 3.63) is 0 Å². The molecule has 18 heavy (non-hydrogen) atoms. The summed E-state index contributed by atoms with van der Waals surface area (Å²) in [5, 5.41) is -5.35. The first kappa shape index (κ1) is 15.9. The lowest BCUT2D eigenvalue weighted by Crippen LogP contribution is -2.48. The van der Waals surface area contributed by atoms with Crippen LogP contribution in [0.3, 0.4) is 0 Å². The Morgan fingerprint density at radius 3 is 2.28 bits per heavy atom. The maximum atomic E-state index is 14.0. The van der Waals surface area contributed by atoms with Crippen molar-refractivity contribution >= 4 is 29.3 Å². The molecule has 0 bridgehead atoms. The highest BCUT2D eigenvalue weighted by atomic mass is 35.5. The van der Waals surface area contributed by atoms with Crippen molar-refractivity contribution in [3.63, 3.8) is 0 Å². The van der Waals surface area contributed by atoms with E-state index in [1.165, 1.54) is 0 Å². The Hall–Kier alpha value is -0.170. The predicted octanol–water partition coefficient (Wildman–Crippen LogP) is 3.67. The summed E-state index contributed by atoms with van der Waals surface area (Å²) < 4.78 is 55.9. The van der Waals surface area contributed by atoms with E-state index in [1.54, 1.807) is 0 Å². The summed E-state index contributed by atoms with van der Waals surface area (Å²) in [6.45, 7) is 0. The first-order chi connectivity index (χ1) is 8.22. The Bertz CT molecular complexity index is 313. The molecule has 0 saturated heterocycles. The van der Waals surface area contributed by atoms with E-state index in [-0.39, 0.29) is 11.8 Å². The number of hydrogen-bond acceptors (Lipinski definition) is 3. The van der Waals surface area contributed by atoms with E-state index in [0.717, 1.165) is 13.5 Å². The monoisotopic (exact) mass is 308 g/mol. The number of thioether (sulfide) groups is 1. The van der Waals surface area contributed by atoms with Gasteiger partial charge >= 0.3 is 17.1 Å². The largest absolute Gasteiger partial charge is 0.466 e. The van der Waals surface area contributed by atoms with Crippen molar-refractivity contribution in [2.45, 2.75) is 47.5 Å². The van der Waals surface area contributed by atoms with E-state index >= 15 is 0 Å². The van der Waals surface area contributed by atoms with Gasteiger partial charge in [0.25, 0.3) is 0 Å². The molecule has 1 aliphatic rings. The lowest BCUT2D eigenvalue weighted by Gasteiger charge is -2.32. The van der Waals surface area contributed by atoms with Crippen LogP contribution in [0.25, 0.3) is 0 Å². The molecule has 106 valence electrons. The first-order valence-electron chi connectivity index (χ1n) is 5.38. The normalized spacial score (nSPS) is 28.6. The summed E-state index contributed by atoms with van der Waals surface area (Å²) in [5.41, 5.74) is 0. The molecule has 0 aromatic carbocycles. The van der Waals surface area contributed by atoms with E-state index in [4.69, 9.17) is 11.6 Å². The van der Waals surface area contributed by atoms with Crippen LogP contribution in [-0.2, 0) is 9.53 Å². The molecular weight excluding hydrogens is 296 g/mol. The number of rotatable bonds is 3. The maximum Gasteiger partial charge on any atom is 0.443 e. The molecule has 3 atom stereocenters. The molecule has 0 aliphatic heterocycles. The zero-order chi connectivity index (χ0) is 14.0. The summed E-state index contributed by atoms with van der Waals surface area (Å²) in [6, 6.07) is 0. The lowest BCUT2D eigenvalue weighted by atomic mass is 10.00. The minimum atomic E-state index is -5.32. The minimum Gasteiger partial charge on any atom is -0.466 e. The zero-order valence-corrected chi connectivity index (χ0v) is 11.2. The summed E-state index contributed by atoms with van der Waals surface area (Å²) in [7, 11) is 0.724. The Balaban J connectivity index is 2.88. The van der Waals surface area contributed by atoms with Gasteiger partial charge < -0.3 is 4.74 Å². The van der Waals surface area contributed by atoms with Crippen molar-refractivity contribution in [3.8, 4) is 0 Å². The summed E-state index contributed by atoms with van der Waals surface area (Å²) in [5.74, 6) is -1.94. The fourth-order valence-electron chi connectivity index (χ4n) is 1.75. The Morgan fingerprint density at radius 2 is 1.83 bits per heavy atom. The van der Waals surface area contributed by atoms with Gasteiger partial charge in [0.15, 0.2) is 0 Å². The van der Waals surface area contributed by atoms with Crippen LogP contribution in [0.1, 0.15) is 25.7 Å². The number of carbonyl (C=O) groups is 1. The number of methoxy groups -OCH3 is 1. The van der Waals surface area contributed by atoms with Gasteiger partial charge in [-0.05, 0) is 12.8 Å². The van der Waals surface area contributed by atoms with E-state index in [1.807, 2.05) is 0 Å². The number of hydrogen-bond donors (Lipinski definition) is 0. The fraction of sp³-hybridized carbons (Fsp3) is 0.900. The van der Waals surface area contributed by atoms with Crippen LogP contribution in [0.2, 0.25) is 0 Å². The average molecular weight is 309 g/mol. The van der Waals surface area contributed by atoms with Gasteiger partial charge in [-0.1, -0.05) is 24.6 Å². The second-order valence-electron chi connectivity index (χ2n) is 4.04. The van der Waals surface area contributed by atoms with Crippen molar-refractivity contribution in [1.29, 1.82) is 0 Å². The van der Waals surface area contributed by atoms with Gasteiger partial charge in [-0.25, -0.2) is 9.18 Å². The molecule has 1 saturated carbocycles. The van der Waals surface area contributed by atoms with Gasteiger partial charge in [-0.15, -0.1) is 11.6 Å². The van der Waals surface area contributed by atoms with Crippen molar-refractivity contribution in [1.82, 2.24) is 0 Å². The third kappa shape index (κ3) is 3.23. The molecule has 1 aliphatic carbocycles. The number of esters is 1. The molecule has 1 fully saturated rings. The molecule has 0 aromatic rings. The summed E-state index contributed by atoms with van der Waals surface area (Å²) in [4.78, 5) is 11.1. The minimum absolute atomic E-state index is 0.0825. The second kappa shape index (κ2) is 5.86. The molecule has 0 N–H and O–H groups in total. The van der Waals surface area contributed by atoms with Crippen molar-refractivity contribution < 1.29 is 27.1 Å². The van der Waals surface area contributed by atoms with Crippen molar-refractivity contribution in [2.75, 3.05) is 7.11 Å². The molecule has 0 radical (unpaired) electrons. The van der Waals surface area contributed by atoms with Crippen molar-refractivity contribution in [2.24, 2.45) is 0 Å². The van der Waals surface area contributed by atoms with Gasteiger partial charge in [0.05, 0.1) is 7.11 Å². The maximum absolute atomic E-state index is 14.0. The van der Waals surface area contributed by atoms with Gasteiger partial charge in [-0.3, -0.25) is 0 Å². The third-order valence-corrected chi connectivity index (χ3v) is 5.01. The van der Waals surface area contributed by atoms with Crippen LogP contribution in [0.15, 0.2) is 0 Å². The van der Waals surface area contributed by atoms with Crippen LogP contribution < -0.4 is 0 Å². The average Bonchev–Trinajstić information content (AvgIpc) is 2.29. The fourth-order valence-corrected chi connectivity index (χ4v) is 3.49. The Labute approximate surface area is 111 Å². The van der Waals surface area contributed by atoms with Crippen LogP contribution in [-0.4, -0.2) is 34.9 Å². The smallest absolute Gasteiger partial charge is 0.443 e. The second-order valence-corrected chi connectivity index (χ2v) is 6.01. The third-order valence-electron chi connectivity index (χ3n) is 2.75. The molecule has 0 heterocycles. The van der Waals surface area contributed by atoms with E-state index in [0.29, 0.717) is 19.3 Å². The van der Waals surface area contributed by atoms with E-state index < -0.39 is 27.8 Å². The van der Waals surface area contributed by atoms with Gasteiger partial charge in [-0.2, -0.15) is 13.2 Å². The highest BCUT2D eigenvalue weighted by Gasteiger charge is 2.65. The zero-order valence-electron chi connectivity index (χ0n) is 9.60. The first-order valence-corrected chi connectivity index (χ1v) is 6.70. The molecule has 8 heteroatoms. The van der Waals surface area contributed by atoms with Crippen LogP contribution in [0.4, 0.5) is 17.6 Å². The van der Waals surface area contributed by atoms with Gasteiger partial charge in [0.1, 0.15) is 0 Å². The quantitative estimate of drug-likeness (QED) is 0.452. The van der Waals surface area contributed by atoms with Gasteiger partial charge in [0.2, 0.25) is 0 Å². The summed E-state index contributed by atoms with van der Waals surface area (Å²) >= 11 is 5.80. The number of halogens is 5. The predicted molar refractivity (Wildman–Crippen MR) is 61.4 cm³/mol. The lowest BCUT2D eigenvalue weighted by molar-refractivity contribution is -0.210. The van der Waals surface area contributed by atoms with Gasteiger partial charge in [0, 0.05) is 10.6 Å². The highest BCUT2D eigenvalue weighted by molar-refractivity contribution is 8.02. The number of carbonyl (C=O) groups excluding carboxylic acids is 1. The van der Waals surface area contributed by atoms with E-state index in [9.17, 15) is 22.4 Å². The SMILES string of the molecule is COC(=O)C(F)(SC1CCCCC1Cl)C(F)(F)F. The van der Waals surface area contributed by atoms with Crippen LogP contribution >= 0.6 is 23.4 Å². The Morgan fingerprint density at radius 1 is 1.28 bits per heavy atom. The summed E-state index contributed by atoms with van der Waals surface area (Å²) in [6.07, 6.45) is -2.96. The molecule has 2 nitrogen and oxygen atoms in total. The van der Waals surface area contributed by atoms with E-state index in [2.05, 4.69) is 4.74 Å². The van der Waals surface area contributed by atoms with Crippen LogP contribution in [0.5, 0.6) is 0 Å². The Kier molecular flexibility index (Phi) is 5.17. The molecule has 0 aromatic heterocycles. The molecule has 1 rings (SSSR count). The number of alkyl halides is 5. The number of ether oxygens (including phenoxy) is 1. The standard InChI is InChI=1S/C10H13ClF4O2S/c1-17-8(16)9(12,10(13,14)15)18-7-5-3-2-4-6(7)11/h6-7H,2-5H2,1H3. The van der Waals surface area contributed by atoms with Crippen LogP contribution in [0, 0.1) is 0 Å². The molecular formula is C10H13ClF4O2S. The molecule has 0 spiro atoms. The molecule has 3 unspecified atom stereocenters. The topological polar surface area (TPSA) is 26.3 Å². The highest BCUT2D eigenvalue weighted by Crippen LogP contribution is 2.49.